The zero-order chi connectivity index (χ0) is 14.7. The minimum atomic E-state index is -1.16. The van der Waals surface area contributed by atoms with Gasteiger partial charge in [0.25, 0.3) is 5.91 Å². The molecule has 0 aliphatic heterocycles. The Morgan fingerprint density at radius 2 is 2.10 bits per heavy atom. The smallest absolute Gasteiger partial charge is 0.322 e. The van der Waals surface area contributed by atoms with Crippen LogP contribution in [0.5, 0.6) is 0 Å². The van der Waals surface area contributed by atoms with Crippen molar-refractivity contribution in [1.82, 2.24) is 10.3 Å². The summed E-state index contributed by atoms with van der Waals surface area (Å²) in [5.41, 5.74) is 1.14. The predicted molar refractivity (Wildman–Crippen MR) is 73.9 cm³/mol. The number of hydrogen-bond donors (Lipinski definition) is 3. The van der Waals surface area contributed by atoms with Crippen LogP contribution in [0.2, 0.25) is 0 Å². The van der Waals surface area contributed by atoms with Crippen LogP contribution < -0.4 is 10.7 Å². The SMILES string of the molecule is CCc1ccc2[nH]cc(C(=O)NCC(=O)O)c(=O)c2c1. The second kappa shape index (κ2) is 5.56. The van der Waals surface area contributed by atoms with Crippen molar-refractivity contribution in [3.05, 3.63) is 45.7 Å². The van der Waals surface area contributed by atoms with Gasteiger partial charge in [-0.2, -0.15) is 0 Å². The number of amides is 1. The van der Waals surface area contributed by atoms with Crippen LogP contribution in [-0.4, -0.2) is 28.5 Å². The summed E-state index contributed by atoms with van der Waals surface area (Å²) < 4.78 is 0. The highest BCUT2D eigenvalue weighted by Crippen LogP contribution is 2.11. The number of hydrogen-bond acceptors (Lipinski definition) is 3. The molecule has 0 spiro atoms. The molecule has 0 radical (unpaired) electrons. The number of aryl methyl sites for hydroxylation is 1. The summed E-state index contributed by atoms with van der Waals surface area (Å²) >= 11 is 0. The number of H-pyrrole nitrogens is 1. The van der Waals surface area contributed by atoms with Gasteiger partial charge in [-0.15, -0.1) is 0 Å². The topological polar surface area (TPSA) is 99.3 Å². The van der Waals surface area contributed by atoms with E-state index in [0.717, 1.165) is 12.0 Å². The van der Waals surface area contributed by atoms with Crippen molar-refractivity contribution in [2.45, 2.75) is 13.3 Å². The number of carboxylic acids is 1. The van der Waals surface area contributed by atoms with Gasteiger partial charge in [0.15, 0.2) is 0 Å². The number of aromatic nitrogens is 1. The summed E-state index contributed by atoms with van der Waals surface area (Å²) in [5, 5.41) is 11.1. The van der Waals surface area contributed by atoms with Crippen LogP contribution in [0.1, 0.15) is 22.8 Å². The van der Waals surface area contributed by atoms with Gasteiger partial charge in [0.05, 0.1) is 0 Å². The van der Waals surface area contributed by atoms with Crippen LogP contribution in [0.3, 0.4) is 0 Å². The third-order valence-corrected chi connectivity index (χ3v) is 3.00. The van der Waals surface area contributed by atoms with Gasteiger partial charge in [-0.3, -0.25) is 14.4 Å². The first kappa shape index (κ1) is 13.8. The first-order chi connectivity index (χ1) is 9.52. The van der Waals surface area contributed by atoms with Gasteiger partial charge in [-0.25, -0.2) is 0 Å². The molecule has 1 aromatic heterocycles. The number of fused-ring (bicyclic) bond motifs is 1. The summed E-state index contributed by atoms with van der Waals surface area (Å²) in [6.07, 6.45) is 2.08. The van der Waals surface area contributed by atoms with E-state index in [0.29, 0.717) is 10.9 Å². The van der Waals surface area contributed by atoms with Crippen molar-refractivity contribution in [3.8, 4) is 0 Å². The van der Waals surface area contributed by atoms with Crippen LogP contribution >= 0.6 is 0 Å². The molecular weight excluding hydrogens is 260 g/mol. The Balaban J connectivity index is 2.45. The fourth-order valence-corrected chi connectivity index (χ4v) is 1.91. The fourth-order valence-electron chi connectivity index (χ4n) is 1.91. The fraction of sp³-hybridized carbons (Fsp3) is 0.214. The molecule has 2 aromatic rings. The highest BCUT2D eigenvalue weighted by Gasteiger charge is 2.13. The van der Waals surface area contributed by atoms with Gasteiger partial charge in [0.2, 0.25) is 5.43 Å². The van der Waals surface area contributed by atoms with Crippen molar-refractivity contribution in [3.63, 3.8) is 0 Å². The van der Waals surface area contributed by atoms with E-state index in [2.05, 4.69) is 10.3 Å². The Bertz CT molecular complexity index is 734. The molecule has 0 atom stereocenters. The van der Waals surface area contributed by atoms with Gasteiger partial charge in [-0.1, -0.05) is 13.0 Å². The van der Waals surface area contributed by atoms with E-state index in [9.17, 15) is 14.4 Å². The molecule has 6 nitrogen and oxygen atoms in total. The number of aromatic amines is 1. The van der Waals surface area contributed by atoms with E-state index in [4.69, 9.17) is 5.11 Å². The third-order valence-electron chi connectivity index (χ3n) is 3.00. The maximum absolute atomic E-state index is 12.3. The second-order valence-electron chi connectivity index (χ2n) is 4.34. The zero-order valence-corrected chi connectivity index (χ0v) is 10.9. The van der Waals surface area contributed by atoms with Crippen molar-refractivity contribution in [2.75, 3.05) is 6.54 Å². The number of benzene rings is 1. The molecule has 2 rings (SSSR count). The van der Waals surface area contributed by atoms with Gasteiger partial charge >= 0.3 is 5.97 Å². The summed E-state index contributed by atoms with van der Waals surface area (Å²) in [6.45, 7) is 1.45. The van der Waals surface area contributed by atoms with Gasteiger partial charge in [0, 0.05) is 17.1 Å². The van der Waals surface area contributed by atoms with Crippen molar-refractivity contribution in [2.24, 2.45) is 0 Å². The molecule has 1 heterocycles. The lowest BCUT2D eigenvalue weighted by molar-refractivity contribution is -0.135. The Labute approximate surface area is 114 Å². The summed E-state index contributed by atoms with van der Waals surface area (Å²) in [7, 11) is 0. The van der Waals surface area contributed by atoms with Crippen molar-refractivity contribution >= 4 is 22.8 Å². The number of rotatable bonds is 4. The van der Waals surface area contributed by atoms with Crippen molar-refractivity contribution in [1.29, 1.82) is 0 Å². The minimum Gasteiger partial charge on any atom is -0.480 e. The molecule has 0 unspecified atom stereocenters. The molecule has 1 amide bonds. The van der Waals surface area contributed by atoms with E-state index < -0.39 is 23.9 Å². The number of carbonyl (C=O) groups excluding carboxylic acids is 1. The van der Waals surface area contributed by atoms with Crippen LogP contribution in [-0.2, 0) is 11.2 Å². The van der Waals surface area contributed by atoms with E-state index in [-0.39, 0.29) is 5.56 Å². The van der Waals surface area contributed by atoms with Crippen LogP contribution in [0.25, 0.3) is 10.9 Å². The second-order valence-corrected chi connectivity index (χ2v) is 4.34. The molecule has 0 saturated carbocycles. The van der Waals surface area contributed by atoms with Gasteiger partial charge in [0.1, 0.15) is 12.1 Å². The lowest BCUT2D eigenvalue weighted by Gasteiger charge is -2.05. The normalized spacial score (nSPS) is 10.4. The molecule has 0 aliphatic carbocycles. The lowest BCUT2D eigenvalue weighted by Crippen LogP contribution is -2.32. The highest BCUT2D eigenvalue weighted by molar-refractivity contribution is 5.98. The van der Waals surface area contributed by atoms with E-state index in [1.165, 1.54) is 6.20 Å². The molecule has 6 heteroatoms. The maximum atomic E-state index is 12.3. The molecule has 0 saturated heterocycles. The molecule has 0 aliphatic rings. The monoisotopic (exact) mass is 274 g/mol. The van der Waals surface area contributed by atoms with E-state index >= 15 is 0 Å². The maximum Gasteiger partial charge on any atom is 0.322 e. The lowest BCUT2D eigenvalue weighted by atomic mass is 10.1. The summed E-state index contributed by atoms with van der Waals surface area (Å²) in [6, 6.07) is 5.43. The van der Waals surface area contributed by atoms with Crippen molar-refractivity contribution < 1.29 is 14.7 Å². The summed E-state index contributed by atoms with van der Waals surface area (Å²) in [4.78, 5) is 37.3. The molecule has 0 fully saturated rings. The molecular formula is C14H14N2O4. The molecule has 1 aromatic carbocycles. The molecule has 3 N–H and O–H groups in total. The number of carboxylic acid groups (broad SMARTS) is 1. The number of pyridine rings is 1. The Hall–Kier alpha value is -2.63. The van der Waals surface area contributed by atoms with Gasteiger partial charge in [-0.05, 0) is 24.1 Å². The average molecular weight is 274 g/mol. The largest absolute Gasteiger partial charge is 0.480 e. The van der Waals surface area contributed by atoms with Crippen LogP contribution in [0.4, 0.5) is 0 Å². The number of carbonyl (C=O) groups is 2. The predicted octanol–water partition coefficient (Wildman–Crippen LogP) is 0.905. The minimum absolute atomic E-state index is 0.0907. The standard InChI is InChI=1S/C14H14N2O4/c1-2-8-3-4-11-9(5-8)13(19)10(6-15-11)14(20)16-7-12(17)18/h3-6H,2,7H2,1H3,(H,15,19)(H,16,20)(H,17,18). The third kappa shape index (κ3) is 2.69. The number of nitrogens with one attached hydrogen (secondary N) is 2. The van der Waals surface area contributed by atoms with E-state index in [1.54, 1.807) is 12.1 Å². The first-order valence-corrected chi connectivity index (χ1v) is 6.17. The Morgan fingerprint density at radius 3 is 2.75 bits per heavy atom. The Kier molecular flexibility index (Phi) is 3.84. The Morgan fingerprint density at radius 1 is 1.35 bits per heavy atom. The molecule has 0 bridgehead atoms. The summed E-state index contributed by atoms with van der Waals surface area (Å²) in [5.74, 6) is -1.86. The quantitative estimate of drug-likeness (QED) is 0.771. The van der Waals surface area contributed by atoms with Crippen LogP contribution in [0.15, 0.2) is 29.2 Å². The van der Waals surface area contributed by atoms with Crippen LogP contribution in [0, 0.1) is 0 Å². The average Bonchev–Trinajstić information content (AvgIpc) is 2.45. The van der Waals surface area contributed by atoms with E-state index in [1.807, 2.05) is 13.0 Å². The molecule has 104 valence electrons. The van der Waals surface area contributed by atoms with Gasteiger partial charge < -0.3 is 15.4 Å². The molecule has 20 heavy (non-hydrogen) atoms. The zero-order valence-electron chi connectivity index (χ0n) is 10.9. The number of aliphatic carboxylic acids is 1. The first-order valence-electron chi connectivity index (χ1n) is 6.17. The highest BCUT2D eigenvalue weighted by atomic mass is 16.4.